The van der Waals surface area contributed by atoms with E-state index in [9.17, 15) is 13.2 Å². The minimum Gasteiger partial charge on any atom is -0.306 e. The van der Waals surface area contributed by atoms with Crippen molar-refractivity contribution in [3.05, 3.63) is 46.4 Å². The van der Waals surface area contributed by atoms with Gasteiger partial charge in [0.1, 0.15) is 1.37 Å². The molecule has 1 aromatic heterocycles. The first kappa shape index (κ1) is 7.20. The van der Waals surface area contributed by atoms with Gasteiger partial charge in [0.2, 0.25) is 0 Å². The Kier molecular flexibility index (Phi) is 1.77. The lowest BCUT2D eigenvalue weighted by atomic mass is 10.2. The Morgan fingerprint density at radius 3 is 2.76 bits per heavy atom. The number of hydrogen-bond donors (Lipinski definition) is 0. The number of halogens is 4. The van der Waals surface area contributed by atoms with Gasteiger partial charge >= 0.3 is 6.18 Å². The number of aromatic nitrogens is 2. The van der Waals surface area contributed by atoms with Crippen molar-refractivity contribution in [1.82, 2.24) is 9.55 Å². The van der Waals surface area contributed by atoms with Gasteiger partial charge in [-0.3, -0.25) is 0 Å². The maximum Gasteiger partial charge on any atom is 0.416 e. The van der Waals surface area contributed by atoms with Gasteiger partial charge in [-0.2, -0.15) is 13.2 Å². The molecule has 0 saturated heterocycles. The molecule has 0 saturated carbocycles. The summed E-state index contributed by atoms with van der Waals surface area (Å²) >= 11 is 2.93. The number of imidazole rings is 1. The van der Waals surface area contributed by atoms with Crippen molar-refractivity contribution >= 4 is 15.9 Å². The van der Waals surface area contributed by atoms with Crippen LogP contribution in [-0.2, 0) is 6.18 Å². The number of rotatable bonds is 1. The SMILES string of the molecule is [2H]c1nc(C([2H])([2H])[2H])c([2H])n1-c1cc(Br)cc(C(F)(F)F)c1. The second-order valence-electron chi connectivity index (χ2n) is 3.20. The third-order valence-electron chi connectivity index (χ3n) is 1.95. The number of alkyl halides is 3. The molecule has 0 unspecified atom stereocenters. The Labute approximate surface area is 111 Å². The summed E-state index contributed by atoms with van der Waals surface area (Å²) in [5, 5.41) is 0. The van der Waals surface area contributed by atoms with Crippen molar-refractivity contribution < 1.29 is 20.0 Å². The predicted molar refractivity (Wildman–Crippen MR) is 61.0 cm³/mol. The maximum absolute atomic E-state index is 12.8. The molecule has 0 aliphatic carbocycles. The number of hydrogen-bond acceptors (Lipinski definition) is 1. The Bertz CT molecular complexity index is 724. The lowest BCUT2D eigenvalue weighted by Gasteiger charge is -2.10. The van der Waals surface area contributed by atoms with Gasteiger partial charge in [0, 0.05) is 20.4 Å². The lowest BCUT2D eigenvalue weighted by molar-refractivity contribution is -0.137. The average molecular weight is 310 g/mol. The molecule has 0 fully saturated rings. The largest absolute Gasteiger partial charge is 0.416 e. The second kappa shape index (κ2) is 4.18. The highest BCUT2D eigenvalue weighted by Gasteiger charge is 2.31. The van der Waals surface area contributed by atoms with Crippen LogP contribution >= 0.6 is 15.9 Å². The quantitative estimate of drug-likeness (QED) is 0.779. The summed E-state index contributed by atoms with van der Waals surface area (Å²) in [6, 6.07) is 2.82. The zero-order valence-electron chi connectivity index (χ0n) is 13.1. The van der Waals surface area contributed by atoms with Crippen LogP contribution in [0.1, 0.15) is 18.1 Å². The van der Waals surface area contributed by atoms with E-state index in [0.29, 0.717) is 0 Å². The Hall–Kier alpha value is -1.30. The van der Waals surface area contributed by atoms with Gasteiger partial charge in [-0.1, -0.05) is 15.9 Å². The van der Waals surface area contributed by atoms with E-state index in [1.165, 1.54) is 6.07 Å². The van der Waals surface area contributed by atoms with Crippen LogP contribution in [0.15, 0.2) is 35.1 Å². The number of benzene rings is 1. The highest BCUT2D eigenvalue weighted by Crippen LogP contribution is 2.32. The molecular weight excluding hydrogens is 297 g/mol. The summed E-state index contributed by atoms with van der Waals surface area (Å²) in [5.74, 6) is 0. The van der Waals surface area contributed by atoms with Crippen LogP contribution in [-0.4, -0.2) is 9.55 Å². The first-order chi connectivity index (χ1) is 9.91. The molecule has 0 atom stereocenters. The molecule has 17 heavy (non-hydrogen) atoms. The number of aryl methyl sites for hydroxylation is 1. The molecule has 2 nitrogen and oxygen atoms in total. The van der Waals surface area contributed by atoms with Crippen LogP contribution in [0.4, 0.5) is 13.2 Å². The Morgan fingerprint density at radius 1 is 1.41 bits per heavy atom. The summed E-state index contributed by atoms with van der Waals surface area (Å²) < 4.78 is 76.4. The molecule has 0 spiro atoms. The molecule has 0 aliphatic heterocycles. The van der Waals surface area contributed by atoms with Crippen molar-refractivity contribution in [3.8, 4) is 5.69 Å². The first-order valence-electron chi connectivity index (χ1n) is 6.86. The fourth-order valence-electron chi connectivity index (χ4n) is 1.25. The van der Waals surface area contributed by atoms with Gasteiger partial charge in [-0.25, -0.2) is 4.98 Å². The molecule has 6 heteroatoms. The molecule has 90 valence electrons. The molecular formula is C11H8BrF3N2. The Balaban J connectivity index is 2.68. The van der Waals surface area contributed by atoms with Crippen molar-refractivity contribution in [1.29, 1.82) is 0 Å². The fourth-order valence-corrected chi connectivity index (χ4v) is 1.73. The molecule has 0 amide bonds. The smallest absolute Gasteiger partial charge is 0.306 e. The van der Waals surface area contributed by atoms with Crippen molar-refractivity contribution in [2.45, 2.75) is 13.0 Å². The molecule has 0 aliphatic rings. The van der Waals surface area contributed by atoms with Crippen LogP contribution < -0.4 is 0 Å². The van der Waals surface area contributed by atoms with Crippen LogP contribution in [0.5, 0.6) is 0 Å². The molecule has 1 heterocycles. The monoisotopic (exact) mass is 309 g/mol. The Morgan fingerprint density at radius 2 is 2.18 bits per heavy atom. The topological polar surface area (TPSA) is 17.8 Å². The van der Waals surface area contributed by atoms with Crippen LogP contribution in [0, 0.1) is 6.85 Å². The predicted octanol–water partition coefficient (Wildman–Crippen LogP) is 3.96. The summed E-state index contributed by atoms with van der Waals surface area (Å²) in [5.41, 5.74) is -1.79. The second-order valence-corrected chi connectivity index (χ2v) is 4.12. The summed E-state index contributed by atoms with van der Waals surface area (Å²) in [4.78, 5) is 3.46. The van der Waals surface area contributed by atoms with E-state index in [-0.39, 0.29) is 10.2 Å². The van der Waals surface area contributed by atoms with E-state index in [1.807, 2.05) is 0 Å². The third-order valence-corrected chi connectivity index (χ3v) is 2.41. The molecule has 0 radical (unpaired) electrons. The summed E-state index contributed by atoms with van der Waals surface area (Å²) in [6.07, 6.45) is -5.88. The first-order valence-corrected chi connectivity index (χ1v) is 5.15. The fraction of sp³-hybridized carbons (Fsp3) is 0.182. The summed E-state index contributed by atoms with van der Waals surface area (Å²) in [7, 11) is 0. The van der Waals surface area contributed by atoms with Gasteiger partial charge in [0.05, 0.1) is 18.9 Å². The molecule has 1 aromatic carbocycles. The molecule has 0 bridgehead atoms. The highest BCUT2D eigenvalue weighted by atomic mass is 79.9. The van der Waals surface area contributed by atoms with E-state index in [4.69, 9.17) is 6.85 Å². The minimum absolute atomic E-state index is 0.0836. The van der Waals surface area contributed by atoms with E-state index < -0.39 is 36.8 Å². The van der Waals surface area contributed by atoms with Crippen molar-refractivity contribution in [2.75, 3.05) is 0 Å². The van der Waals surface area contributed by atoms with Crippen LogP contribution in [0.2, 0.25) is 0 Å². The van der Waals surface area contributed by atoms with Crippen LogP contribution in [0.3, 0.4) is 0 Å². The van der Waals surface area contributed by atoms with E-state index in [0.717, 1.165) is 16.7 Å². The average Bonchev–Trinajstić information content (AvgIpc) is 2.62. The lowest BCUT2D eigenvalue weighted by Crippen LogP contribution is -2.06. The normalized spacial score (nSPS) is 16.8. The van der Waals surface area contributed by atoms with Gasteiger partial charge in [-0.05, 0) is 25.1 Å². The van der Waals surface area contributed by atoms with Crippen molar-refractivity contribution in [2.24, 2.45) is 0 Å². The van der Waals surface area contributed by atoms with E-state index in [1.54, 1.807) is 0 Å². The van der Waals surface area contributed by atoms with Gasteiger partial charge in [-0.15, -0.1) is 0 Å². The van der Waals surface area contributed by atoms with E-state index >= 15 is 0 Å². The highest BCUT2D eigenvalue weighted by molar-refractivity contribution is 9.10. The van der Waals surface area contributed by atoms with Crippen molar-refractivity contribution in [3.63, 3.8) is 0 Å². The van der Waals surface area contributed by atoms with Crippen LogP contribution in [0.25, 0.3) is 5.69 Å². The zero-order valence-corrected chi connectivity index (χ0v) is 9.72. The zero-order chi connectivity index (χ0) is 16.9. The number of nitrogens with zero attached hydrogens (tertiary/aromatic N) is 2. The maximum atomic E-state index is 12.8. The molecule has 2 aromatic rings. The standard InChI is InChI=1S/C11H8BrF3N2/c1-7-5-17(6-16-7)10-3-8(11(13,14)15)2-9(12)4-10/h2-6H,1H3/i1D3,5D,6D. The van der Waals surface area contributed by atoms with Gasteiger partial charge in [0.15, 0.2) is 0 Å². The van der Waals surface area contributed by atoms with Gasteiger partial charge < -0.3 is 4.57 Å². The molecule has 2 rings (SSSR count). The van der Waals surface area contributed by atoms with Gasteiger partial charge in [0.25, 0.3) is 0 Å². The minimum atomic E-state index is -4.61. The summed E-state index contributed by atoms with van der Waals surface area (Å²) in [6.45, 7) is -2.73. The molecule has 0 N–H and O–H groups in total. The third kappa shape index (κ3) is 2.69. The van der Waals surface area contributed by atoms with E-state index in [2.05, 4.69) is 20.9 Å².